The molecule has 1 aliphatic heterocycles. The molecule has 1 aliphatic carbocycles. The number of anilines is 2. The second-order valence-electron chi connectivity index (χ2n) is 6.28. The number of hydrogen-bond donors (Lipinski definition) is 2. The molecule has 2 aromatic rings. The quantitative estimate of drug-likeness (QED) is 0.870. The molecular formula is C18H20N4S. The van der Waals surface area contributed by atoms with E-state index >= 15 is 0 Å². The van der Waals surface area contributed by atoms with Crippen LogP contribution in [0, 0.1) is 13.8 Å². The van der Waals surface area contributed by atoms with E-state index in [1.807, 2.05) is 18.0 Å². The van der Waals surface area contributed by atoms with Crippen LogP contribution in [0.25, 0.3) is 4.91 Å². The number of thioether (sulfide) groups is 1. The molecule has 5 heteroatoms. The highest BCUT2D eigenvalue weighted by atomic mass is 32.2. The summed E-state index contributed by atoms with van der Waals surface area (Å²) in [7, 11) is 0. The van der Waals surface area contributed by atoms with Gasteiger partial charge < -0.3 is 10.6 Å². The van der Waals surface area contributed by atoms with Gasteiger partial charge in [-0.05, 0) is 62.4 Å². The topological polar surface area (TPSA) is 49.8 Å². The Kier molecular flexibility index (Phi) is 3.53. The van der Waals surface area contributed by atoms with Crippen LogP contribution in [0.3, 0.4) is 0 Å². The smallest absolute Gasteiger partial charge is 0.227 e. The van der Waals surface area contributed by atoms with Crippen molar-refractivity contribution in [3.05, 3.63) is 52.5 Å². The van der Waals surface area contributed by atoms with E-state index in [9.17, 15) is 0 Å². The zero-order valence-corrected chi connectivity index (χ0v) is 14.4. The van der Waals surface area contributed by atoms with Crippen LogP contribution in [0.15, 0.2) is 30.1 Å². The van der Waals surface area contributed by atoms with Crippen LogP contribution in [0.1, 0.15) is 35.7 Å². The van der Waals surface area contributed by atoms with Crippen LogP contribution < -0.4 is 10.6 Å². The summed E-state index contributed by atoms with van der Waals surface area (Å²) in [6.07, 6.45) is 4.05. The van der Waals surface area contributed by atoms with Gasteiger partial charge in [-0.1, -0.05) is 17.8 Å². The van der Waals surface area contributed by atoms with Gasteiger partial charge in [0, 0.05) is 17.6 Å². The van der Waals surface area contributed by atoms with Crippen molar-refractivity contribution in [2.24, 2.45) is 0 Å². The molecule has 0 bridgehead atoms. The molecule has 0 saturated carbocycles. The SMILES string of the molecule is Cc1cc(C)cc(Nc2ncc3c(n2)C2=C(CC3)NC(C)S2)c1. The minimum atomic E-state index is 0.428. The number of nitrogens with zero attached hydrogens (tertiary/aromatic N) is 2. The zero-order chi connectivity index (χ0) is 16.0. The summed E-state index contributed by atoms with van der Waals surface area (Å²) in [5, 5.41) is 7.32. The van der Waals surface area contributed by atoms with Gasteiger partial charge in [-0.25, -0.2) is 9.97 Å². The number of benzene rings is 1. The fourth-order valence-electron chi connectivity index (χ4n) is 3.25. The Bertz CT molecular complexity index is 792. The number of rotatable bonds is 2. The standard InChI is InChI=1S/C18H20N4S/c1-10-6-11(2)8-14(7-10)21-18-19-9-13-4-5-15-17(16(13)22-18)23-12(3)20-15/h6-9,12,20H,4-5H2,1-3H3,(H,19,21,22). The molecule has 1 aromatic carbocycles. The average molecular weight is 324 g/mol. The molecule has 4 nitrogen and oxygen atoms in total. The van der Waals surface area contributed by atoms with Gasteiger partial charge in [0.1, 0.15) is 0 Å². The second-order valence-corrected chi connectivity index (χ2v) is 7.63. The molecule has 118 valence electrons. The maximum absolute atomic E-state index is 4.80. The lowest BCUT2D eigenvalue weighted by molar-refractivity contribution is 0.747. The van der Waals surface area contributed by atoms with Gasteiger partial charge in [-0.3, -0.25) is 0 Å². The van der Waals surface area contributed by atoms with E-state index in [0.29, 0.717) is 11.3 Å². The maximum Gasteiger partial charge on any atom is 0.227 e. The Morgan fingerprint density at radius 1 is 1.17 bits per heavy atom. The number of fused-ring (bicyclic) bond motifs is 2. The van der Waals surface area contributed by atoms with E-state index in [0.717, 1.165) is 24.2 Å². The third-order valence-electron chi connectivity index (χ3n) is 4.15. The highest BCUT2D eigenvalue weighted by molar-refractivity contribution is 8.09. The molecule has 0 spiro atoms. The van der Waals surface area contributed by atoms with Crippen LogP contribution in [-0.4, -0.2) is 15.3 Å². The van der Waals surface area contributed by atoms with E-state index in [-0.39, 0.29) is 0 Å². The van der Waals surface area contributed by atoms with Crippen LogP contribution in [0.5, 0.6) is 0 Å². The summed E-state index contributed by atoms with van der Waals surface area (Å²) in [6.45, 7) is 6.40. The van der Waals surface area contributed by atoms with Crippen LogP contribution in [-0.2, 0) is 6.42 Å². The first-order valence-corrected chi connectivity index (χ1v) is 8.84. The molecule has 1 atom stereocenters. The van der Waals surface area contributed by atoms with Gasteiger partial charge in [0.05, 0.1) is 16.0 Å². The van der Waals surface area contributed by atoms with Gasteiger partial charge in [-0.2, -0.15) is 0 Å². The molecule has 1 aromatic heterocycles. The van der Waals surface area contributed by atoms with Crippen LogP contribution in [0.2, 0.25) is 0 Å². The van der Waals surface area contributed by atoms with Crippen molar-refractivity contribution in [1.29, 1.82) is 0 Å². The van der Waals surface area contributed by atoms with Crippen molar-refractivity contribution >= 4 is 28.3 Å². The maximum atomic E-state index is 4.80. The summed E-state index contributed by atoms with van der Waals surface area (Å²) in [5.41, 5.74) is 7.19. The minimum absolute atomic E-state index is 0.428. The minimum Gasteiger partial charge on any atom is -0.376 e. The molecule has 2 N–H and O–H groups in total. The average Bonchev–Trinajstić information content (AvgIpc) is 2.87. The van der Waals surface area contributed by atoms with Gasteiger partial charge in [-0.15, -0.1) is 0 Å². The van der Waals surface area contributed by atoms with E-state index in [2.05, 4.69) is 54.6 Å². The zero-order valence-electron chi connectivity index (χ0n) is 13.6. The molecule has 0 amide bonds. The molecule has 0 fully saturated rings. The monoisotopic (exact) mass is 324 g/mol. The molecule has 0 radical (unpaired) electrons. The predicted molar refractivity (Wildman–Crippen MR) is 96.7 cm³/mol. The van der Waals surface area contributed by atoms with Crippen molar-refractivity contribution in [2.45, 2.75) is 39.0 Å². The van der Waals surface area contributed by atoms with E-state index in [1.54, 1.807) is 0 Å². The summed E-state index contributed by atoms with van der Waals surface area (Å²) in [4.78, 5) is 10.6. The summed E-state index contributed by atoms with van der Waals surface area (Å²) < 4.78 is 0. The lowest BCUT2D eigenvalue weighted by Gasteiger charge is -2.17. The Balaban J connectivity index is 1.67. The highest BCUT2D eigenvalue weighted by Crippen LogP contribution is 2.43. The van der Waals surface area contributed by atoms with E-state index in [1.165, 1.54) is 27.3 Å². The molecule has 4 rings (SSSR count). The molecule has 23 heavy (non-hydrogen) atoms. The van der Waals surface area contributed by atoms with Crippen molar-refractivity contribution in [3.8, 4) is 0 Å². The lowest BCUT2D eigenvalue weighted by atomic mass is 10.0. The molecule has 2 aliphatic rings. The Labute approximate surface area is 140 Å². The highest BCUT2D eigenvalue weighted by Gasteiger charge is 2.28. The Morgan fingerprint density at radius 2 is 1.96 bits per heavy atom. The number of aryl methyl sites for hydroxylation is 3. The summed E-state index contributed by atoms with van der Waals surface area (Å²) in [6, 6.07) is 6.40. The third-order valence-corrected chi connectivity index (χ3v) is 5.29. The first-order chi connectivity index (χ1) is 11.1. The summed E-state index contributed by atoms with van der Waals surface area (Å²) in [5.74, 6) is 0.669. The first kappa shape index (κ1) is 14.6. The van der Waals surface area contributed by atoms with Crippen LogP contribution in [0.4, 0.5) is 11.6 Å². The van der Waals surface area contributed by atoms with E-state index in [4.69, 9.17) is 4.98 Å². The number of allylic oxidation sites excluding steroid dienone is 1. The predicted octanol–water partition coefficient (Wildman–Crippen LogP) is 4.13. The van der Waals surface area contributed by atoms with Gasteiger partial charge in [0.25, 0.3) is 0 Å². The fraction of sp³-hybridized carbons (Fsp3) is 0.333. The van der Waals surface area contributed by atoms with Gasteiger partial charge >= 0.3 is 0 Å². The van der Waals surface area contributed by atoms with Crippen molar-refractivity contribution < 1.29 is 0 Å². The Hall–Kier alpha value is -2.01. The summed E-state index contributed by atoms with van der Waals surface area (Å²) >= 11 is 1.86. The number of nitrogens with one attached hydrogen (secondary N) is 2. The largest absolute Gasteiger partial charge is 0.376 e. The van der Waals surface area contributed by atoms with Gasteiger partial charge in [0.15, 0.2) is 0 Å². The fourth-order valence-corrected chi connectivity index (χ4v) is 4.40. The Morgan fingerprint density at radius 3 is 2.74 bits per heavy atom. The van der Waals surface area contributed by atoms with Crippen molar-refractivity contribution in [1.82, 2.24) is 15.3 Å². The number of aromatic nitrogens is 2. The first-order valence-electron chi connectivity index (χ1n) is 7.96. The van der Waals surface area contributed by atoms with E-state index < -0.39 is 0 Å². The molecule has 2 heterocycles. The van der Waals surface area contributed by atoms with Gasteiger partial charge in [0.2, 0.25) is 5.95 Å². The normalized spacial score (nSPS) is 19.2. The van der Waals surface area contributed by atoms with Crippen molar-refractivity contribution in [2.75, 3.05) is 5.32 Å². The van der Waals surface area contributed by atoms with Crippen molar-refractivity contribution in [3.63, 3.8) is 0 Å². The second kappa shape index (κ2) is 5.57. The lowest BCUT2D eigenvalue weighted by Crippen LogP contribution is -2.18. The molecular weight excluding hydrogens is 304 g/mol. The van der Waals surface area contributed by atoms with Crippen LogP contribution >= 0.6 is 11.8 Å². The third kappa shape index (κ3) is 2.81. The number of hydrogen-bond acceptors (Lipinski definition) is 5. The molecule has 0 saturated heterocycles. The molecule has 1 unspecified atom stereocenters.